The Morgan fingerprint density at radius 1 is 1.32 bits per heavy atom. The summed E-state index contributed by atoms with van der Waals surface area (Å²) >= 11 is 3.26. The van der Waals surface area contributed by atoms with Crippen molar-refractivity contribution in [2.24, 2.45) is 0 Å². The maximum Gasteiger partial charge on any atom is 0.251 e. The van der Waals surface area contributed by atoms with E-state index < -0.39 is 10.0 Å². The van der Waals surface area contributed by atoms with Crippen molar-refractivity contribution >= 4 is 37.5 Å². The smallest absolute Gasteiger partial charge is 0.251 e. The maximum absolute atomic E-state index is 11.8. The largest absolute Gasteiger partial charge is 0.399 e. The number of nitrogen functional groups attached to an aromatic ring is 1. The first-order valence-corrected chi connectivity index (χ1v) is 8.25. The van der Waals surface area contributed by atoms with Crippen molar-refractivity contribution < 1.29 is 13.2 Å². The zero-order valence-corrected chi connectivity index (χ0v) is 12.8. The van der Waals surface area contributed by atoms with Gasteiger partial charge in [0.05, 0.1) is 6.26 Å². The fraction of sp³-hybridized carbons (Fsp3) is 0.364. The third kappa shape index (κ3) is 6.55. The maximum atomic E-state index is 11.8. The molecule has 1 rings (SSSR count). The van der Waals surface area contributed by atoms with E-state index in [2.05, 4.69) is 26.0 Å². The molecule has 0 aromatic heterocycles. The van der Waals surface area contributed by atoms with Gasteiger partial charge in [-0.2, -0.15) is 0 Å². The number of halogens is 1. The molecule has 0 spiro atoms. The molecule has 0 aliphatic carbocycles. The van der Waals surface area contributed by atoms with Gasteiger partial charge in [-0.1, -0.05) is 15.9 Å². The lowest BCUT2D eigenvalue weighted by atomic mass is 10.2. The number of benzene rings is 1. The van der Waals surface area contributed by atoms with E-state index in [-0.39, 0.29) is 5.91 Å². The van der Waals surface area contributed by atoms with Crippen LogP contribution < -0.4 is 15.8 Å². The van der Waals surface area contributed by atoms with Crippen LogP contribution in [-0.4, -0.2) is 33.7 Å². The van der Waals surface area contributed by atoms with Crippen molar-refractivity contribution in [3.05, 3.63) is 28.2 Å². The standard InChI is InChI=1S/C11H16BrN3O3S/c1-19(17,18)15-4-2-3-14-11(16)8-5-9(12)7-10(13)6-8/h5-7,15H,2-4,13H2,1H3,(H,14,16). The fourth-order valence-corrected chi connectivity index (χ4v) is 2.42. The highest BCUT2D eigenvalue weighted by Crippen LogP contribution is 2.17. The Hall–Kier alpha value is -1.12. The molecule has 6 nitrogen and oxygen atoms in total. The molecule has 0 atom stereocenters. The second-order valence-corrected chi connectivity index (χ2v) is 6.80. The van der Waals surface area contributed by atoms with Gasteiger partial charge in [0.1, 0.15) is 0 Å². The minimum Gasteiger partial charge on any atom is -0.399 e. The third-order valence-electron chi connectivity index (χ3n) is 2.19. The third-order valence-corrected chi connectivity index (χ3v) is 3.37. The van der Waals surface area contributed by atoms with Crippen molar-refractivity contribution in [1.29, 1.82) is 0 Å². The summed E-state index contributed by atoms with van der Waals surface area (Å²) in [5, 5.41) is 2.69. The Bertz CT molecular complexity index is 540. The van der Waals surface area contributed by atoms with Gasteiger partial charge < -0.3 is 11.1 Å². The molecule has 0 bridgehead atoms. The van der Waals surface area contributed by atoms with Crippen molar-refractivity contribution in [1.82, 2.24) is 10.0 Å². The van der Waals surface area contributed by atoms with E-state index in [1.165, 1.54) is 0 Å². The minimum absolute atomic E-state index is 0.243. The van der Waals surface area contributed by atoms with Crippen LogP contribution in [0.5, 0.6) is 0 Å². The van der Waals surface area contributed by atoms with Crippen LogP contribution >= 0.6 is 15.9 Å². The van der Waals surface area contributed by atoms with Gasteiger partial charge in [0.15, 0.2) is 0 Å². The molecular weight excluding hydrogens is 334 g/mol. The van der Waals surface area contributed by atoms with Gasteiger partial charge in [0.2, 0.25) is 10.0 Å². The van der Waals surface area contributed by atoms with Crippen molar-refractivity contribution in [2.45, 2.75) is 6.42 Å². The predicted octanol–water partition coefficient (Wildman–Crippen LogP) is 0.700. The molecule has 0 aliphatic heterocycles. The number of anilines is 1. The summed E-state index contributed by atoms with van der Waals surface area (Å²) in [6.45, 7) is 0.674. The van der Waals surface area contributed by atoms with E-state index in [0.717, 1.165) is 10.7 Å². The number of amides is 1. The molecule has 0 saturated carbocycles. The van der Waals surface area contributed by atoms with E-state index in [9.17, 15) is 13.2 Å². The average molecular weight is 350 g/mol. The van der Waals surface area contributed by atoms with Crippen molar-refractivity contribution in [2.75, 3.05) is 25.1 Å². The van der Waals surface area contributed by atoms with E-state index in [0.29, 0.717) is 30.8 Å². The van der Waals surface area contributed by atoms with E-state index >= 15 is 0 Å². The van der Waals surface area contributed by atoms with E-state index in [1.807, 2.05) is 0 Å². The van der Waals surface area contributed by atoms with Crippen LogP contribution in [0, 0.1) is 0 Å². The molecule has 4 N–H and O–H groups in total. The zero-order chi connectivity index (χ0) is 14.5. The van der Waals surface area contributed by atoms with Crippen LogP contribution in [0.2, 0.25) is 0 Å². The summed E-state index contributed by atoms with van der Waals surface area (Å²) in [6.07, 6.45) is 1.61. The summed E-state index contributed by atoms with van der Waals surface area (Å²) in [4.78, 5) is 11.8. The first-order chi connectivity index (χ1) is 8.78. The molecule has 0 aliphatic rings. The molecule has 0 radical (unpaired) electrons. The molecule has 1 aromatic rings. The molecule has 0 fully saturated rings. The highest BCUT2D eigenvalue weighted by molar-refractivity contribution is 9.10. The summed E-state index contributed by atoms with van der Waals surface area (Å²) in [5.74, 6) is -0.243. The molecule has 1 amide bonds. The lowest BCUT2D eigenvalue weighted by molar-refractivity contribution is 0.0953. The van der Waals surface area contributed by atoms with Crippen LogP contribution in [0.3, 0.4) is 0 Å². The monoisotopic (exact) mass is 349 g/mol. The Morgan fingerprint density at radius 3 is 2.58 bits per heavy atom. The molecule has 0 saturated heterocycles. The number of hydrogen-bond acceptors (Lipinski definition) is 4. The van der Waals surface area contributed by atoms with Gasteiger partial charge in [-0.05, 0) is 24.6 Å². The molecular formula is C11H16BrN3O3S. The van der Waals surface area contributed by atoms with Crippen molar-refractivity contribution in [3.63, 3.8) is 0 Å². The number of rotatable bonds is 6. The first-order valence-electron chi connectivity index (χ1n) is 5.57. The van der Waals surface area contributed by atoms with Crippen LogP contribution in [0.1, 0.15) is 16.8 Å². The molecule has 1 aromatic carbocycles. The molecule has 106 valence electrons. The van der Waals surface area contributed by atoms with Crippen LogP contribution in [0.25, 0.3) is 0 Å². The normalized spacial score (nSPS) is 11.3. The average Bonchev–Trinajstić information content (AvgIpc) is 2.25. The summed E-state index contributed by atoms with van der Waals surface area (Å²) in [7, 11) is -3.17. The second kappa shape index (κ2) is 6.88. The Balaban J connectivity index is 2.39. The summed E-state index contributed by atoms with van der Waals surface area (Å²) in [5.41, 5.74) is 6.59. The molecule has 0 heterocycles. The fourth-order valence-electron chi connectivity index (χ4n) is 1.39. The van der Waals surface area contributed by atoms with E-state index in [4.69, 9.17) is 5.73 Å². The second-order valence-electron chi connectivity index (χ2n) is 4.05. The van der Waals surface area contributed by atoms with Crippen LogP contribution in [0.4, 0.5) is 5.69 Å². The minimum atomic E-state index is -3.17. The van der Waals surface area contributed by atoms with Crippen LogP contribution in [-0.2, 0) is 10.0 Å². The highest BCUT2D eigenvalue weighted by Gasteiger charge is 2.07. The van der Waals surface area contributed by atoms with Crippen LogP contribution in [0.15, 0.2) is 22.7 Å². The molecule has 19 heavy (non-hydrogen) atoms. The van der Waals surface area contributed by atoms with Gasteiger partial charge >= 0.3 is 0 Å². The summed E-state index contributed by atoms with van der Waals surface area (Å²) in [6, 6.07) is 4.95. The van der Waals surface area contributed by atoms with Gasteiger partial charge in [-0.15, -0.1) is 0 Å². The number of carbonyl (C=O) groups is 1. The predicted molar refractivity (Wildman–Crippen MR) is 78.4 cm³/mol. The summed E-state index contributed by atoms with van der Waals surface area (Å²) < 4.78 is 24.7. The molecule has 0 unspecified atom stereocenters. The number of hydrogen-bond donors (Lipinski definition) is 3. The van der Waals surface area contributed by atoms with Gasteiger partial charge in [-0.3, -0.25) is 4.79 Å². The van der Waals surface area contributed by atoms with Gasteiger partial charge in [-0.25, -0.2) is 13.1 Å². The Morgan fingerprint density at radius 2 is 2.00 bits per heavy atom. The topological polar surface area (TPSA) is 101 Å². The van der Waals surface area contributed by atoms with Gasteiger partial charge in [0.25, 0.3) is 5.91 Å². The van der Waals surface area contributed by atoms with Gasteiger partial charge in [0, 0.05) is 28.8 Å². The van der Waals surface area contributed by atoms with E-state index in [1.54, 1.807) is 18.2 Å². The lowest BCUT2D eigenvalue weighted by Crippen LogP contribution is -2.29. The first kappa shape index (κ1) is 15.9. The number of sulfonamides is 1. The lowest BCUT2D eigenvalue weighted by Gasteiger charge is -2.07. The number of nitrogens with one attached hydrogen (secondary N) is 2. The quantitative estimate of drug-likeness (QED) is 0.519. The number of carbonyl (C=O) groups excluding carboxylic acids is 1. The zero-order valence-electron chi connectivity index (χ0n) is 10.4. The highest BCUT2D eigenvalue weighted by atomic mass is 79.9. The number of nitrogens with two attached hydrogens (primary N) is 1. The van der Waals surface area contributed by atoms with Crippen molar-refractivity contribution in [3.8, 4) is 0 Å². The Labute approximate surface area is 120 Å². The Kier molecular flexibility index (Phi) is 5.77. The SMILES string of the molecule is CS(=O)(=O)NCCCNC(=O)c1cc(N)cc(Br)c1. The molecule has 8 heteroatoms.